The molecule has 1 aliphatic rings. The molecular formula is C20H29ClN4. The summed E-state index contributed by atoms with van der Waals surface area (Å²) >= 11 is 0. The van der Waals surface area contributed by atoms with Gasteiger partial charge in [0, 0.05) is 37.6 Å². The Kier molecular flexibility index (Phi) is 6.94. The number of aromatic nitrogens is 2. The van der Waals surface area contributed by atoms with Crippen LogP contribution in [0.4, 0.5) is 0 Å². The van der Waals surface area contributed by atoms with Gasteiger partial charge in [0.25, 0.3) is 0 Å². The molecule has 2 aromatic heterocycles. The van der Waals surface area contributed by atoms with E-state index in [1.54, 1.807) is 0 Å². The van der Waals surface area contributed by atoms with Gasteiger partial charge in [0.05, 0.1) is 11.4 Å². The second-order valence-corrected chi connectivity index (χ2v) is 7.42. The maximum Gasteiger partial charge on any atom is 0.0547 e. The van der Waals surface area contributed by atoms with Crippen molar-refractivity contribution in [3.05, 3.63) is 59.2 Å². The molecular weight excluding hydrogens is 332 g/mol. The molecule has 5 heteroatoms. The van der Waals surface area contributed by atoms with Gasteiger partial charge in [0.2, 0.25) is 0 Å². The predicted molar refractivity (Wildman–Crippen MR) is 105 cm³/mol. The zero-order chi connectivity index (χ0) is 17.0. The molecule has 4 nitrogen and oxygen atoms in total. The maximum absolute atomic E-state index is 4.69. The van der Waals surface area contributed by atoms with Crippen LogP contribution in [-0.2, 0) is 13.1 Å². The van der Waals surface area contributed by atoms with Crippen LogP contribution < -0.4 is 5.32 Å². The highest BCUT2D eigenvalue weighted by Crippen LogP contribution is 2.27. The number of pyridine rings is 2. The Morgan fingerprint density at radius 2 is 1.56 bits per heavy atom. The van der Waals surface area contributed by atoms with Crippen molar-refractivity contribution < 1.29 is 0 Å². The van der Waals surface area contributed by atoms with Gasteiger partial charge in [-0.05, 0) is 56.5 Å². The standard InChI is InChI=1S/C20H28N4.ClH/c1-16-6-4-8-18(22-16)12-24(15-20(3)10-11-21-14-20)13-19-9-5-7-17(2)23-19;/h4-9,21H,10-15H2,1-3H3;1H. The van der Waals surface area contributed by atoms with Gasteiger partial charge < -0.3 is 5.32 Å². The minimum atomic E-state index is 0. The van der Waals surface area contributed by atoms with E-state index < -0.39 is 0 Å². The topological polar surface area (TPSA) is 41.1 Å². The summed E-state index contributed by atoms with van der Waals surface area (Å²) in [4.78, 5) is 11.9. The van der Waals surface area contributed by atoms with Crippen LogP contribution >= 0.6 is 12.4 Å². The largest absolute Gasteiger partial charge is 0.316 e. The molecule has 0 aromatic carbocycles. The fourth-order valence-electron chi connectivity index (χ4n) is 3.54. The molecule has 1 atom stereocenters. The van der Waals surface area contributed by atoms with Gasteiger partial charge in [-0.25, -0.2) is 0 Å². The summed E-state index contributed by atoms with van der Waals surface area (Å²) in [5, 5.41) is 3.51. The van der Waals surface area contributed by atoms with E-state index in [1.165, 1.54) is 6.42 Å². The van der Waals surface area contributed by atoms with Crippen molar-refractivity contribution in [1.82, 2.24) is 20.2 Å². The van der Waals surface area contributed by atoms with E-state index in [0.717, 1.165) is 55.5 Å². The molecule has 0 aliphatic carbocycles. The second-order valence-electron chi connectivity index (χ2n) is 7.42. The fraction of sp³-hybridized carbons (Fsp3) is 0.500. The van der Waals surface area contributed by atoms with Gasteiger partial charge in [-0.2, -0.15) is 0 Å². The van der Waals surface area contributed by atoms with Crippen molar-refractivity contribution in [3.63, 3.8) is 0 Å². The van der Waals surface area contributed by atoms with Crippen LogP contribution in [0, 0.1) is 19.3 Å². The number of rotatable bonds is 6. The third-order valence-corrected chi connectivity index (χ3v) is 4.73. The van der Waals surface area contributed by atoms with Gasteiger partial charge in [0.1, 0.15) is 0 Å². The third kappa shape index (κ3) is 5.77. The van der Waals surface area contributed by atoms with Crippen molar-refractivity contribution in [1.29, 1.82) is 0 Å². The zero-order valence-electron chi connectivity index (χ0n) is 15.5. The minimum Gasteiger partial charge on any atom is -0.316 e. The van der Waals surface area contributed by atoms with Crippen LogP contribution in [0.1, 0.15) is 36.1 Å². The van der Waals surface area contributed by atoms with Gasteiger partial charge in [-0.15, -0.1) is 12.4 Å². The SMILES string of the molecule is Cc1cccc(CN(Cc2cccc(C)n2)CC2(C)CCNC2)n1.Cl. The molecule has 1 unspecified atom stereocenters. The first kappa shape index (κ1) is 19.8. The van der Waals surface area contributed by atoms with Crippen molar-refractivity contribution in [2.75, 3.05) is 19.6 Å². The molecule has 1 aliphatic heterocycles. The number of aryl methyl sites for hydroxylation is 2. The Balaban J connectivity index is 0.00000225. The smallest absolute Gasteiger partial charge is 0.0547 e. The molecule has 2 aromatic rings. The quantitative estimate of drug-likeness (QED) is 0.855. The predicted octanol–water partition coefficient (Wildman–Crippen LogP) is 3.52. The first-order chi connectivity index (χ1) is 11.5. The van der Waals surface area contributed by atoms with Crippen molar-refractivity contribution in [3.8, 4) is 0 Å². The molecule has 0 saturated carbocycles. The van der Waals surface area contributed by atoms with Gasteiger partial charge in [-0.1, -0.05) is 19.1 Å². The Hall–Kier alpha value is -1.49. The first-order valence-corrected chi connectivity index (χ1v) is 8.81. The van der Waals surface area contributed by atoms with E-state index in [2.05, 4.69) is 67.4 Å². The average molecular weight is 361 g/mol. The van der Waals surface area contributed by atoms with Crippen molar-refractivity contribution >= 4 is 12.4 Å². The molecule has 3 rings (SSSR count). The van der Waals surface area contributed by atoms with Gasteiger partial charge in [0.15, 0.2) is 0 Å². The van der Waals surface area contributed by atoms with E-state index in [1.807, 2.05) is 0 Å². The Morgan fingerprint density at radius 1 is 1.00 bits per heavy atom. The summed E-state index contributed by atoms with van der Waals surface area (Å²) in [6.07, 6.45) is 1.23. The van der Waals surface area contributed by atoms with Crippen LogP contribution in [0.25, 0.3) is 0 Å². The van der Waals surface area contributed by atoms with Crippen LogP contribution in [0.3, 0.4) is 0 Å². The van der Waals surface area contributed by atoms with E-state index in [-0.39, 0.29) is 12.4 Å². The monoisotopic (exact) mass is 360 g/mol. The highest BCUT2D eigenvalue weighted by Gasteiger charge is 2.31. The number of hydrogen-bond acceptors (Lipinski definition) is 4. The number of nitrogens with one attached hydrogen (secondary N) is 1. The number of nitrogens with zero attached hydrogens (tertiary/aromatic N) is 3. The first-order valence-electron chi connectivity index (χ1n) is 8.81. The molecule has 1 fully saturated rings. The molecule has 0 amide bonds. The Morgan fingerprint density at radius 3 is 2.00 bits per heavy atom. The highest BCUT2D eigenvalue weighted by atomic mass is 35.5. The maximum atomic E-state index is 4.69. The summed E-state index contributed by atoms with van der Waals surface area (Å²) in [7, 11) is 0. The summed E-state index contributed by atoms with van der Waals surface area (Å²) < 4.78 is 0. The highest BCUT2D eigenvalue weighted by molar-refractivity contribution is 5.85. The normalized spacial score (nSPS) is 19.8. The minimum absolute atomic E-state index is 0. The van der Waals surface area contributed by atoms with Gasteiger partial charge in [-0.3, -0.25) is 14.9 Å². The van der Waals surface area contributed by atoms with E-state index >= 15 is 0 Å². The fourth-order valence-corrected chi connectivity index (χ4v) is 3.54. The van der Waals surface area contributed by atoms with Crippen LogP contribution in [0.2, 0.25) is 0 Å². The molecule has 3 heterocycles. The third-order valence-electron chi connectivity index (χ3n) is 4.73. The summed E-state index contributed by atoms with van der Waals surface area (Å²) in [5.41, 5.74) is 4.76. The van der Waals surface area contributed by atoms with Crippen LogP contribution in [0.5, 0.6) is 0 Å². The molecule has 0 bridgehead atoms. The van der Waals surface area contributed by atoms with Crippen LogP contribution in [0.15, 0.2) is 36.4 Å². The lowest BCUT2D eigenvalue weighted by Crippen LogP contribution is -2.37. The Labute approximate surface area is 157 Å². The number of hydrogen-bond donors (Lipinski definition) is 1. The molecule has 25 heavy (non-hydrogen) atoms. The van der Waals surface area contributed by atoms with E-state index in [9.17, 15) is 0 Å². The lowest BCUT2D eigenvalue weighted by Gasteiger charge is -2.31. The lowest BCUT2D eigenvalue weighted by molar-refractivity contribution is 0.160. The average Bonchev–Trinajstić information content (AvgIpc) is 2.93. The summed E-state index contributed by atoms with van der Waals surface area (Å²) in [6.45, 7) is 11.5. The molecule has 136 valence electrons. The van der Waals surface area contributed by atoms with E-state index in [0.29, 0.717) is 5.41 Å². The zero-order valence-corrected chi connectivity index (χ0v) is 16.3. The summed E-state index contributed by atoms with van der Waals surface area (Å²) in [5.74, 6) is 0. The van der Waals surface area contributed by atoms with Crippen LogP contribution in [-0.4, -0.2) is 34.5 Å². The molecule has 0 spiro atoms. The van der Waals surface area contributed by atoms with Crippen molar-refractivity contribution in [2.24, 2.45) is 5.41 Å². The molecule has 1 N–H and O–H groups in total. The second kappa shape index (κ2) is 8.75. The van der Waals surface area contributed by atoms with E-state index in [4.69, 9.17) is 9.97 Å². The molecule has 1 saturated heterocycles. The lowest BCUT2D eigenvalue weighted by atomic mass is 9.89. The number of halogens is 1. The van der Waals surface area contributed by atoms with Crippen molar-refractivity contribution in [2.45, 2.75) is 40.3 Å². The Bertz CT molecular complexity index is 635. The summed E-state index contributed by atoms with van der Waals surface area (Å²) in [6, 6.07) is 12.5. The van der Waals surface area contributed by atoms with Gasteiger partial charge >= 0.3 is 0 Å². The molecule has 0 radical (unpaired) electrons.